The van der Waals surface area contributed by atoms with E-state index in [4.69, 9.17) is 10.5 Å². The zero-order chi connectivity index (χ0) is 17.9. The van der Waals surface area contributed by atoms with Crippen LogP contribution in [-0.4, -0.2) is 72.3 Å². The van der Waals surface area contributed by atoms with Crippen LogP contribution in [-0.2, 0) is 4.74 Å². The summed E-state index contributed by atoms with van der Waals surface area (Å²) in [5.74, 6) is 0. The van der Waals surface area contributed by atoms with Crippen LogP contribution in [0, 0.1) is 0 Å². The minimum atomic E-state index is -0.158. The molecule has 1 saturated carbocycles. The van der Waals surface area contributed by atoms with E-state index in [2.05, 4.69) is 17.1 Å². The summed E-state index contributed by atoms with van der Waals surface area (Å²) in [5.41, 5.74) is 6.39. The second-order valence-corrected chi connectivity index (χ2v) is 8.35. The molecule has 1 unspecified atom stereocenters. The van der Waals surface area contributed by atoms with Crippen LogP contribution in [0.5, 0.6) is 0 Å². The van der Waals surface area contributed by atoms with E-state index in [-0.39, 0.29) is 11.6 Å². The highest BCUT2D eigenvalue weighted by Crippen LogP contribution is 2.31. The summed E-state index contributed by atoms with van der Waals surface area (Å²) in [6.45, 7) is 8.42. The normalized spacial score (nSPS) is 35.1. The lowest BCUT2D eigenvalue weighted by Crippen LogP contribution is -2.57. The number of nitrogens with one attached hydrogen (secondary N) is 1. The lowest BCUT2D eigenvalue weighted by molar-refractivity contribution is 0.0653. The molecule has 3 N–H and O–H groups in total. The van der Waals surface area contributed by atoms with E-state index >= 15 is 0 Å². The van der Waals surface area contributed by atoms with Gasteiger partial charge in [-0.15, -0.1) is 0 Å². The third-order valence-corrected chi connectivity index (χ3v) is 6.51. The van der Waals surface area contributed by atoms with Gasteiger partial charge in [-0.2, -0.15) is 0 Å². The third-order valence-electron chi connectivity index (χ3n) is 6.51. The second-order valence-electron chi connectivity index (χ2n) is 8.35. The Morgan fingerprint density at radius 3 is 2.60 bits per heavy atom. The van der Waals surface area contributed by atoms with Gasteiger partial charge >= 0.3 is 6.09 Å². The van der Waals surface area contributed by atoms with Crippen molar-refractivity contribution in [2.45, 2.75) is 82.5 Å². The third kappa shape index (κ3) is 4.47. The predicted octanol–water partition coefficient (Wildman–Crippen LogP) is 1.93. The molecule has 0 aromatic carbocycles. The quantitative estimate of drug-likeness (QED) is 0.809. The van der Waals surface area contributed by atoms with Crippen LogP contribution in [0.3, 0.4) is 0 Å². The summed E-state index contributed by atoms with van der Waals surface area (Å²) >= 11 is 0. The molecule has 25 heavy (non-hydrogen) atoms. The lowest BCUT2D eigenvalue weighted by atomic mass is 9.89. The van der Waals surface area contributed by atoms with Gasteiger partial charge in [0.25, 0.3) is 0 Å². The van der Waals surface area contributed by atoms with E-state index in [1.54, 1.807) is 0 Å². The molecule has 0 radical (unpaired) electrons. The fourth-order valence-electron chi connectivity index (χ4n) is 4.83. The van der Waals surface area contributed by atoms with Gasteiger partial charge in [0.15, 0.2) is 0 Å². The van der Waals surface area contributed by atoms with Gasteiger partial charge in [-0.1, -0.05) is 12.8 Å². The van der Waals surface area contributed by atoms with Crippen LogP contribution >= 0.6 is 0 Å². The maximum absolute atomic E-state index is 12.0. The first-order valence-electron chi connectivity index (χ1n) is 10.2. The van der Waals surface area contributed by atoms with Gasteiger partial charge in [-0.25, -0.2) is 4.79 Å². The van der Waals surface area contributed by atoms with Crippen LogP contribution < -0.4 is 11.1 Å². The fraction of sp³-hybridized carbons (Fsp3) is 0.947. The van der Waals surface area contributed by atoms with Gasteiger partial charge in [0.2, 0.25) is 0 Å². The van der Waals surface area contributed by atoms with Crippen molar-refractivity contribution in [3.05, 3.63) is 0 Å². The number of rotatable bonds is 4. The first kappa shape index (κ1) is 18.9. The highest BCUT2D eigenvalue weighted by Gasteiger charge is 2.42. The molecule has 2 aliphatic heterocycles. The summed E-state index contributed by atoms with van der Waals surface area (Å²) in [6, 6.07) is 1.43. The maximum atomic E-state index is 12.0. The summed E-state index contributed by atoms with van der Waals surface area (Å²) in [4.78, 5) is 16.4. The number of carbonyl (C=O) groups excluding carboxylic acids is 1. The summed E-state index contributed by atoms with van der Waals surface area (Å²) in [6.07, 6.45) is 8.23. The van der Waals surface area contributed by atoms with Crippen molar-refractivity contribution in [1.82, 2.24) is 15.1 Å². The van der Waals surface area contributed by atoms with E-state index in [1.165, 1.54) is 32.1 Å². The van der Waals surface area contributed by atoms with Crippen molar-refractivity contribution in [2.75, 3.05) is 32.8 Å². The van der Waals surface area contributed by atoms with Crippen LogP contribution in [0.1, 0.15) is 58.8 Å². The van der Waals surface area contributed by atoms with Gasteiger partial charge in [0, 0.05) is 49.8 Å². The molecule has 1 aliphatic carbocycles. The summed E-state index contributed by atoms with van der Waals surface area (Å²) in [7, 11) is 0. The smallest absolute Gasteiger partial charge is 0.409 e. The Labute approximate surface area is 152 Å². The SMILES string of the molecule is CCOC(=O)N1CCC(C)(N2CCC(N[C@H]3CCCC[C@@H]3N)CC2)C1. The zero-order valence-electron chi connectivity index (χ0n) is 16.0. The molecule has 0 aromatic rings. The molecule has 6 nitrogen and oxygen atoms in total. The zero-order valence-corrected chi connectivity index (χ0v) is 16.0. The molecule has 0 bridgehead atoms. The number of hydrogen-bond donors (Lipinski definition) is 2. The first-order valence-corrected chi connectivity index (χ1v) is 10.2. The van der Waals surface area contributed by atoms with Crippen LogP contribution in [0.15, 0.2) is 0 Å². The molecule has 2 heterocycles. The Morgan fingerprint density at radius 1 is 1.20 bits per heavy atom. The van der Waals surface area contributed by atoms with E-state index < -0.39 is 0 Å². The lowest BCUT2D eigenvalue weighted by Gasteiger charge is -2.44. The van der Waals surface area contributed by atoms with Crippen molar-refractivity contribution < 1.29 is 9.53 Å². The Morgan fingerprint density at radius 2 is 1.92 bits per heavy atom. The Balaban J connectivity index is 1.46. The standard InChI is InChI=1S/C19H36N4O2/c1-3-25-18(24)22-13-10-19(2,14-22)23-11-8-15(9-12-23)21-17-7-5-4-6-16(17)20/h15-17,21H,3-14,20H2,1-2H3/t16-,17-,19?/m0/s1. The van der Waals surface area contributed by atoms with Crippen LogP contribution in [0.4, 0.5) is 4.79 Å². The predicted molar refractivity (Wildman–Crippen MR) is 99.6 cm³/mol. The van der Waals surface area contributed by atoms with E-state index in [9.17, 15) is 4.79 Å². The highest BCUT2D eigenvalue weighted by atomic mass is 16.6. The number of likely N-dealkylation sites (tertiary alicyclic amines) is 2. The topological polar surface area (TPSA) is 70.8 Å². The first-order chi connectivity index (χ1) is 12.0. The molecule has 1 amide bonds. The van der Waals surface area contributed by atoms with Crippen LogP contribution in [0.25, 0.3) is 0 Å². The van der Waals surface area contributed by atoms with Crippen molar-refractivity contribution in [3.8, 4) is 0 Å². The molecular weight excluding hydrogens is 316 g/mol. The van der Waals surface area contributed by atoms with E-state index in [1.807, 2.05) is 11.8 Å². The number of amides is 1. The van der Waals surface area contributed by atoms with Crippen molar-refractivity contribution in [3.63, 3.8) is 0 Å². The van der Waals surface area contributed by atoms with Gasteiger partial charge in [0.1, 0.15) is 0 Å². The van der Waals surface area contributed by atoms with Gasteiger partial charge in [0.05, 0.1) is 6.61 Å². The monoisotopic (exact) mass is 352 g/mol. The van der Waals surface area contributed by atoms with Gasteiger partial charge in [-0.3, -0.25) is 4.90 Å². The molecule has 3 atom stereocenters. The molecule has 0 aromatic heterocycles. The van der Waals surface area contributed by atoms with Crippen LogP contribution in [0.2, 0.25) is 0 Å². The number of piperidine rings is 1. The van der Waals surface area contributed by atoms with Crippen molar-refractivity contribution in [1.29, 1.82) is 0 Å². The van der Waals surface area contributed by atoms with Gasteiger partial charge in [-0.05, 0) is 46.0 Å². The molecule has 3 aliphatic rings. The van der Waals surface area contributed by atoms with Crippen molar-refractivity contribution in [2.24, 2.45) is 5.73 Å². The average Bonchev–Trinajstić information content (AvgIpc) is 3.01. The fourth-order valence-corrected chi connectivity index (χ4v) is 4.83. The number of carbonyl (C=O) groups is 1. The van der Waals surface area contributed by atoms with E-state index in [0.717, 1.165) is 39.0 Å². The minimum absolute atomic E-state index is 0.0962. The molecular formula is C19H36N4O2. The number of ether oxygens (including phenoxy) is 1. The number of hydrogen-bond acceptors (Lipinski definition) is 5. The van der Waals surface area contributed by atoms with Crippen molar-refractivity contribution >= 4 is 6.09 Å². The minimum Gasteiger partial charge on any atom is -0.450 e. The van der Waals surface area contributed by atoms with E-state index in [0.29, 0.717) is 24.7 Å². The molecule has 3 fully saturated rings. The molecule has 3 rings (SSSR count). The molecule has 6 heteroatoms. The largest absolute Gasteiger partial charge is 0.450 e. The summed E-state index contributed by atoms with van der Waals surface area (Å²) < 4.78 is 5.16. The number of nitrogens with zero attached hydrogens (tertiary/aromatic N) is 2. The molecule has 144 valence electrons. The average molecular weight is 353 g/mol. The molecule has 2 saturated heterocycles. The highest BCUT2D eigenvalue weighted by molar-refractivity contribution is 5.68. The second kappa shape index (κ2) is 8.23. The van der Waals surface area contributed by atoms with Gasteiger partial charge < -0.3 is 20.7 Å². The summed E-state index contributed by atoms with van der Waals surface area (Å²) in [5, 5.41) is 3.84. The Kier molecular flexibility index (Phi) is 6.23. The maximum Gasteiger partial charge on any atom is 0.409 e. The Bertz CT molecular complexity index is 453. The Hall–Kier alpha value is -0.850. The number of nitrogens with two attached hydrogens (primary N) is 1. The molecule has 0 spiro atoms.